The van der Waals surface area contributed by atoms with Crippen LogP contribution >= 0.6 is 0 Å². The van der Waals surface area contributed by atoms with Gasteiger partial charge in [0.1, 0.15) is 0 Å². The predicted molar refractivity (Wildman–Crippen MR) is 130 cm³/mol. The molecule has 0 saturated carbocycles. The summed E-state index contributed by atoms with van der Waals surface area (Å²) < 4.78 is 33.8. The highest BCUT2D eigenvalue weighted by molar-refractivity contribution is 7.92. The molecule has 0 radical (unpaired) electrons. The van der Waals surface area contributed by atoms with E-state index >= 15 is 0 Å². The van der Waals surface area contributed by atoms with Gasteiger partial charge in [-0.25, -0.2) is 13.2 Å². The summed E-state index contributed by atoms with van der Waals surface area (Å²) in [5.41, 5.74) is 3.64. The topological polar surface area (TPSA) is 84.5 Å². The van der Waals surface area contributed by atoms with Crippen molar-refractivity contribution in [3.8, 4) is 0 Å². The Morgan fingerprint density at radius 2 is 1.76 bits per heavy atom. The molecule has 4 rings (SSSR count). The van der Waals surface area contributed by atoms with E-state index in [0.717, 1.165) is 23.2 Å². The first-order chi connectivity index (χ1) is 15.7. The number of rotatable bonds is 6. The van der Waals surface area contributed by atoms with Gasteiger partial charge in [0.05, 0.1) is 28.8 Å². The number of hydrogen-bond acceptors (Lipinski definition) is 5. The van der Waals surface area contributed by atoms with Gasteiger partial charge in [0.15, 0.2) is 0 Å². The van der Waals surface area contributed by atoms with Crippen LogP contribution in [0.1, 0.15) is 54.7 Å². The van der Waals surface area contributed by atoms with E-state index < -0.39 is 10.0 Å². The lowest BCUT2D eigenvalue weighted by atomic mass is 9.73. The Hall–Kier alpha value is -3.32. The van der Waals surface area contributed by atoms with Crippen LogP contribution in [-0.2, 0) is 20.2 Å². The van der Waals surface area contributed by atoms with Gasteiger partial charge in [-0.05, 0) is 66.3 Å². The summed E-state index contributed by atoms with van der Waals surface area (Å²) in [5.74, 6) is -0.334. The molecule has 2 N–H and O–H groups in total. The lowest BCUT2D eigenvalue weighted by molar-refractivity contribution is 0.0526. The molecule has 1 aliphatic heterocycles. The molecule has 0 bridgehead atoms. The quantitative estimate of drug-likeness (QED) is 0.471. The Bertz CT molecular complexity index is 1270. The summed E-state index contributed by atoms with van der Waals surface area (Å²) in [6.07, 6.45) is 0.719. The minimum absolute atomic E-state index is 0.115. The standard InChI is InChI=1S/C26H28N2O4S/c1-4-32-25(29)18-14-15-23-21(16-18)26(2,3)17-24(27-23)20-12-8-9-13-22(20)28-33(30,31)19-10-6-5-7-11-19/h5-16,24,27-28H,4,17H2,1-3H3. The molecule has 0 aliphatic carbocycles. The second-order valence-corrected chi connectivity index (χ2v) is 10.5. The lowest BCUT2D eigenvalue weighted by Gasteiger charge is -2.39. The van der Waals surface area contributed by atoms with Gasteiger partial charge in [0, 0.05) is 5.69 Å². The van der Waals surface area contributed by atoms with Crippen LogP contribution in [0.2, 0.25) is 0 Å². The van der Waals surface area contributed by atoms with E-state index in [4.69, 9.17) is 4.74 Å². The van der Waals surface area contributed by atoms with E-state index in [9.17, 15) is 13.2 Å². The number of benzene rings is 3. The van der Waals surface area contributed by atoms with Gasteiger partial charge in [-0.15, -0.1) is 0 Å². The van der Waals surface area contributed by atoms with Crippen molar-refractivity contribution < 1.29 is 17.9 Å². The largest absolute Gasteiger partial charge is 0.462 e. The number of nitrogens with one attached hydrogen (secondary N) is 2. The molecule has 1 unspecified atom stereocenters. The summed E-state index contributed by atoms with van der Waals surface area (Å²) in [4.78, 5) is 12.4. The Kier molecular flexibility index (Phi) is 6.17. The minimum Gasteiger partial charge on any atom is -0.462 e. The number of esters is 1. The molecular weight excluding hydrogens is 436 g/mol. The fourth-order valence-electron chi connectivity index (χ4n) is 4.32. The van der Waals surface area contributed by atoms with E-state index in [1.54, 1.807) is 49.4 Å². The maximum atomic E-state index is 12.9. The second-order valence-electron chi connectivity index (χ2n) is 8.77. The molecule has 6 nitrogen and oxygen atoms in total. The maximum absolute atomic E-state index is 12.9. The number of fused-ring (bicyclic) bond motifs is 1. The first-order valence-electron chi connectivity index (χ1n) is 11.0. The molecule has 172 valence electrons. The number of ether oxygens (including phenoxy) is 1. The highest BCUT2D eigenvalue weighted by Crippen LogP contribution is 2.45. The molecule has 1 atom stereocenters. The predicted octanol–water partition coefficient (Wildman–Crippen LogP) is 5.50. The zero-order valence-corrected chi connectivity index (χ0v) is 19.8. The van der Waals surface area contributed by atoms with Gasteiger partial charge in [0.2, 0.25) is 0 Å². The third-order valence-electron chi connectivity index (χ3n) is 5.94. The van der Waals surface area contributed by atoms with E-state index in [1.807, 2.05) is 30.3 Å². The van der Waals surface area contributed by atoms with Crippen molar-refractivity contribution in [3.63, 3.8) is 0 Å². The molecule has 3 aromatic rings. The SMILES string of the molecule is CCOC(=O)c1ccc2c(c1)C(C)(C)CC(c1ccccc1NS(=O)(=O)c1ccccc1)N2. The number of para-hydroxylation sites is 1. The van der Waals surface area contributed by atoms with E-state index in [0.29, 0.717) is 17.9 Å². The van der Waals surface area contributed by atoms with Crippen LogP contribution in [0.4, 0.5) is 11.4 Å². The van der Waals surface area contributed by atoms with Crippen molar-refractivity contribution in [2.24, 2.45) is 0 Å². The molecular formula is C26H28N2O4S. The van der Waals surface area contributed by atoms with Crippen LogP contribution in [-0.4, -0.2) is 21.0 Å². The fraction of sp³-hybridized carbons (Fsp3) is 0.269. The average molecular weight is 465 g/mol. The summed E-state index contributed by atoms with van der Waals surface area (Å²) in [6.45, 7) is 6.38. The van der Waals surface area contributed by atoms with Gasteiger partial charge in [0.25, 0.3) is 10.0 Å². The van der Waals surface area contributed by atoms with Gasteiger partial charge in [-0.1, -0.05) is 50.2 Å². The normalized spacial score (nSPS) is 16.9. The molecule has 0 aromatic heterocycles. The molecule has 33 heavy (non-hydrogen) atoms. The van der Waals surface area contributed by atoms with Gasteiger partial charge >= 0.3 is 5.97 Å². The summed E-state index contributed by atoms with van der Waals surface area (Å²) in [7, 11) is -3.71. The zero-order valence-electron chi connectivity index (χ0n) is 19.0. The van der Waals surface area contributed by atoms with E-state index in [2.05, 4.69) is 23.9 Å². The van der Waals surface area contributed by atoms with Crippen molar-refractivity contribution in [1.29, 1.82) is 0 Å². The third kappa shape index (κ3) is 4.73. The van der Waals surface area contributed by atoms with Crippen molar-refractivity contribution >= 4 is 27.4 Å². The van der Waals surface area contributed by atoms with Gasteiger partial charge in [-0.2, -0.15) is 0 Å². The molecule has 1 aliphatic rings. The van der Waals surface area contributed by atoms with Crippen LogP contribution in [0.25, 0.3) is 0 Å². The Balaban J connectivity index is 1.66. The minimum atomic E-state index is -3.71. The fourth-order valence-corrected chi connectivity index (χ4v) is 5.42. The van der Waals surface area contributed by atoms with Crippen LogP contribution in [0, 0.1) is 0 Å². The van der Waals surface area contributed by atoms with Gasteiger partial charge in [-0.3, -0.25) is 4.72 Å². The third-order valence-corrected chi connectivity index (χ3v) is 7.32. The van der Waals surface area contributed by atoms with E-state index in [-0.39, 0.29) is 22.3 Å². The average Bonchev–Trinajstić information content (AvgIpc) is 2.79. The highest BCUT2D eigenvalue weighted by Gasteiger charge is 2.35. The molecule has 0 saturated heterocycles. The number of sulfonamides is 1. The monoisotopic (exact) mass is 464 g/mol. The first kappa shape index (κ1) is 22.9. The highest BCUT2D eigenvalue weighted by atomic mass is 32.2. The Morgan fingerprint density at radius 1 is 1.06 bits per heavy atom. The lowest BCUT2D eigenvalue weighted by Crippen LogP contribution is -2.32. The number of carbonyl (C=O) groups excluding carboxylic acids is 1. The van der Waals surface area contributed by atoms with Crippen LogP contribution in [0.3, 0.4) is 0 Å². The zero-order chi connectivity index (χ0) is 23.6. The molecule has 0 fully saturated rings. The van der Waals surface area contributed by atoms with E-state index in [1.165, 1.54) is 0 Å². The Morgan fingerprint density at radius 3 is 2.48 bits per heavy atom. The first-order valence-corrected chi connectivity index (χ1v) is 12.4. The molecule has 0 amide bonds. The molecule has 0 spiro atoms. The smallest absolute Gasteiger partial charge is 0.338 e. The van der Waals surface area contributed by atoms with Crippen molar-refractivity contribution in [3.05, 3.63) is 89.5 Å². The molecule has 7 heteroatoms. The second kappa shape index (κ2) is 8.90. The summed E-state index contributed by atoms with van der Waals surface area (Å²) in [5, 5.41) is 3.55. The number of hydrogen-bond donors (Lipinski definition) is 2. The van der Waals surface area contributed by atoms with Crippen LogP contribution < -0.4 is 10.0 Å². The van der Waals surface area contributed by atoms with Crippen LogP contribution in [0.5, 0.6) is 0 Å². The van der Waals surface area contributed by atoms with Gasteiger partial charge < -0.3 is 10.1 Å². The van der Waals surface area contributed by atoms with Crippen molar-refractivity contribution in [2.75, 3.05) is 16.6 Å². The van der Waals surface area contributed by atoms with Crippen molar-refractivity contribution in [2.45, 2.75) is 43.5 Å². The van der Waals surface area contributed by atoms with Crippen molar-refractivity contribution in [1.82, 2.24) is 0 Å². The maximum Gasteiger partial charge on any atom is 0.338 e. The summed E-state index contributed by atoms with van der Waals surface area (Å²) >= 11 is 0. The Labute approximate surface area is 195 Å². The number of carbonyl (C=O) groups is 1. The molecule has 3 aromatic carbocycles. The summed E-state index contributed by atoms with van der Waals surface area (Å²) in [6, 6.07) is 21.2. The van der Waals surface area contributed by atoms with Crippen LogP contribution in [0.15, 0.2) is 77.7 Å². The number of anilines is 2. The molecule has 1 heterocycles.